The van der Waals surface area contributed by atoms with Crippen LogP contribution in [-0.4, -0.2) is 46.7 Å². The van der Waals surface area contributed by atoms with Gasteiger partial charge in [0.2, 0.25) is 0 Å². The zero-order chi connectivity index (χ0) is 31.0. The molecule has 0 saturated carbocycles. The van der Waals surface area contributed by atoms with Gasteiger partial charge in [-0.2, -0.15) is 5.10 Å². The lowest BCUT2D eigenvalue weighted by atomic mass is 10.1. The van der Waals surface area contributed by atoms with Crippen LogP contribution < -0.4 is 24.5 Å². The van der Waals surface area contributed by atoms with E-state index in [0.717, 1.165) is 4.31 Å². The normalized spacial score (nSPS) is 11.4. The molecule has 0 spiro atoms. The molecule has 0 heterocycles. The number of nitrogens with zero attached hydrogens (tertiary/aromatic N) is 2. The second-order valence-corrected chi connectivity index (χ2v) is 11.4. The van der Waals surface area contributed by atoms with Crippen LogP contribution in [0, 0.1) is 0 Å². The minimum Gasteiger partial charge on any atom is -0.497 e. The summed E-state index contributed by atoms with van der Waals surface area (Å²) in [7, 11) is -1.31. The number of amides is 2. The number of hydrazone groups is 1. The van der Waals surface area contributed by atoms with Gasteiger partial charge in [-0.15, -0.1) is 0 Å². The van der Waals surface area contributed by atoms with Gasteiger partial charge in [0.05, 0.1) is 30.5 Å². The Labute approximate surface area is 254 Å². The van der Waals surface area contributed by atoms with Crippen LogP contribution in [-0.2, 0) is 14.8 Å². The third-order valence-corrected chi connectivity index (χ3v) is 8.27. The fraction of sp³-hybridized carbons (Fsp3) is 0.129. The maximum atomic E-state index is 13.7. The highest BCUT2D eigenvalue weighted by Crippen LogP contribution is 2.32. The van der Waals surface area contributed by atoms with Crippen LogP contribution in [0.25, 0.3) is 0 Å². The van der Waals surface area contributed by atoms with E-state index in [1.165, 1.54) is 38.5 Å². The molecular weight excluding hydrogens is 592 g/mol. The molecule has 4 aromatic carbocycles. The molecule has 2 N–H and O–H groups in total. The summed E-state index contributed by atoms with van der Waals surface area (Å²) in [5.41, 5.74) is 4.57. The van der Waals surface area contributed by atoms with Crippen molar-refractivity contribution in [3.8, 4) is 11.5 Å². The predicted molar refractivity (Wildman–Crippen MR) is 167 cm³/mol. The van der Waals surface area contributed by atoms with Gasteiger partial charge in [0.25, 0.3) is 21.8 Å². The van der Waals surface area contributed by atoms with Crippen LogP contribution in [0.4, 0.5) is 11.4 Å². The maximum Gasteiger partial charge on any atom is 0.264 e. The number of para-hydroxylation sites is 2. The second kappa shape index (κ2) is 13.9. The molecule has 0 bridgehead atoms. The molecule has 4 aromatic rings. The highest BCUT2D eigenvalue weighted by Gasteiger charge is 2.29. The van der Waals surface area contributed by atoms with Gasteiger partial charge < -0.3 is 14.8 Å². The first-order chi connectivity index (χ1) is 20.6. The third-order valence-electron chi connectivity index (χ3n) is 6.26. The summed E-state index contributed by atoms with van der Waals surface area (Å²) in [6.07, 6.45) is 0. The Morgan fingerprint density at radius 1 is 0.860 bits per heavy atom. The van der Waals surface area contributed by atoms with Gasteiger partial charge in [-0.05, 0) is 79.2 Å². The Bertz CT molecular complexity index is 1760. The van der Waals surface area contributed by atoms with Gasteiger partial charge in [-0.25, -0.2) is 13.8 Å². The molecule has 0 aliphatic heterocycles. The summed E-state index contributed by atoms with van der Waals surface area (Å²) in [6, 6.07) is 25.8. The van der Waals surface area contributed by atoms with Crippen molar-refractivity contribution >= 4 is 50.5 Å². The highest BCUT2D eigenvalue weighted by molar-refractivity contribution is 7.92. The number of benzene rings is 4. The topological polar surface area (TPSA) is 126 Å². The van der Waals surface area contributed by atoms with Crippen molar-refractivity contribution in [1.29, 1.82) is 0 Å². The van der Waals surface area contributed by atoms with Crippen LogP contribution in [0.15, 0.2) is 107 Å². The number of methoxy groups -OCH3 is 2. The molecule has 4 rings (SSSR count). The van der Waals surface area contributed by atoms with E-state index in [4.69, 9.17) is 21.1 Å². The fourth-order valence-electron chi connectivity index (χ4n) is 4.04. The van der Waals surface area contributed by atoms with Crippen molar-refractivity contribution in [2.75, 3.05) is 30.4 Å². The minimum atomic E-state index is -4.20. The van der Waals surface area contributed by atoms with Crippen molar-refractivity contribution in [3.05, 3.63) is 113 Å². The summed E-state index contributed by atoms with van der Waals surface area (Å²) >= 11 is 5.99. The molecule has 0 unspecified atom stereocenters. The minimum absolute atomic E-state index is 0.0386. The molecule has 0 aliphatic rings. The average molecular weight is 621 g/mol. The first kappa shape index (κ1) is 31.1. The number of hydrogen-bond acceptors (Lipinski definition) is 7. The summed E-state index contributed by atoms with van der Waals surface area (Å²) < 4.78 is 38.9. The van der Waals surface area contributed by atoms with E-state index < -0.39 is 22.5 Å². The van der Waals surface area contributed by atoms with Gasteiger partial charge in [-0.1, -0.05) is 41.9 Å². The summed E-state index contributed by atoms with van der Waals surface area (Å²) in [5.74, 6) is -0.271. The molecular formula is C31H29ClN4O6S. The van der Waals surface area contributed by atoms with Crippen LogP contribution >= 0.6 is 11.6 Å². The summed E-state index contributed by atoms with van der Waals surface area (Å²) in [5, 5.41) is 7.42. The van der Waals surface area contributed by atoms with E-state index in [1.54, 1.807) is 79.7 Å². The number of hydrogen-bond donors (Lipinski definition) is 2. The van der Waals surface area contributed by atoms with Gasteiger partial charge in [0.1, 0.15) is 18.0 Å². The highest BCUT2D eigenvalue weighted by atomic mass is 35.5. The van der Waals surface area contributed by atoms with E-state index in [9.17, 15) is 18.0 Å². The molecule has 12 heteroatoms. The first-order valence-corrected chi connectivity index (χ1v) is 14.7. The van der Waals surface area contributed by atoms with Crippen molar-refractivity contribution in [1.82, 2.24) is 5.43 Å². The Hall–Kier alpha value is -4.87. The van der Waals surface area contributed by atoms with E-state index in [1.807, 2.05) is 0 Å². The van der Waals surface area contributed by atoms with Crippen LogP contribution in [0.5, 0.6) is 11.5 Å². The Kier molecular flexibility index (Phi) is 10.0. The zero-order valence-electron chi connectivity index (χ0n) is 23.6. The molecule has 0 fully saturated rings. The monoisotopic (exact) mass is 620 g/mol. The lowest BCUT2D eigenvalue weighted by Crippen LogP contribution is -2.40. The third kappa shape index (κ3) is 7.70. The summed E-state index contributed by atoms with van der Waals surface area (Å²) in [4.78, 5) is 25.7. The van der Waals surface area contributed by atoms with E-state index >= 15 is 0 Å². The SMILES string of the molecule is COc1ccc(S(=O)(=O)N(CC(=O)N/N=C(/C)c2cccc(NC(=O)c3cccc(Cl)c3)c2)c2ccccc2OC)cc1. The molecule has 43 heavy (non-hydrogen) atoms. The quantitative estimate of drug-likeness (QED) is 0.172. The number of carbonyl (C=O) groups is 2. The molecule has 0 radical (unpaired) electrons. The smallest absolute Gasteiger partial charge is 0.264 e. The van der Waals surface area contributed by atoms with Gasteiger partial charge in [0.15, 0.2) is 0 Å². The number of halogens is 1. The van der Waals surface area contributed by atoms with Crippen molar-refractivity contribution in [3.63, 3.8) is 0 Å². The Morgan fingerprint density at radius 2 is 1.56 bits per heavy atom. The number of ether oxygens (including phenoxy) is 2. The first-order valence-electron chi connectivity index (χ1n) is 12.9. The molecule has 10 nitrogen and oxygen atoms in total. The molecule has 222 valence electrons. The average Bonchev–Trinajstić information content (AvgIpc) is 3.02. The van der Waals surface area contributed by atoms with Crippen molar-refractivity contribution in [2.45, 2.75) is 11.8 Å². The standard InChI is InChI=1S/C31H29ClN4O6S/c1-21(22-8-7-11-25(19-22)33-31(38)23-9-6-10-24(32)18-23)34-35-30(37)20-36(28-12-4-5-13-29(28)42-3)43(39,40)27-16-14-26(41-2)15-17-27/h4-19H,20H2,1-3H3,(H,33,38)(H,35,37)/b34-21-. The molecule has 0 aromatic heterocycles. The number of rotatable bonds is 11. The molecule has 0 atom stereocenters. The Balaban J connectivity index is 1.53. The molecule has 2 amide bonds. The van der Waals surface area contributed by atoms with E-state index in [0.29, 0.717) is 33.3 Å². The van der Waals surface area contributed by atoms with Crippen LogP contribution in [0.3, 0.4) is 0 Å². The largest absolute Gasteiger partial charge is 0.497 e. The van der Waals surface area contributed by atoms with Crippen molar-refractivity contribution in [2.24, 2.45) is 5.10 Å². The fourth-order valence-corrected chi connectivity index (χ4v) is 5.66. The van der Waals surface area contributed by atoms with Gasteiger partial charge >= 0.3 is 0 Å². The van der Waals surface area contributed by atoms with Crippen molar-refractivity contribution < 1.29 is 27.5 Å². The lowest BCUT2D eigenvalue weighted by Gasteiger charge is -2.25. The number of sulfonamides is 1. The maximum absolute atomic E-state index is 13.7. The number of anilines is 2. The lowest BCUT2D eigenvalue weighted by molar-refractivity contribution is -0.119. The molecule has 0 saturated heterocycles. The Morgan fingerprint density at radius 3 is 2.26 bits per heavy atom. The second-order valence-electron chi connectivity index (χ2n) is 9.14. The van der Waals surface area contributed by atoms with Crippen LogP contribution in [0.1, 0.15) is 22.8 Å². The number of nitrogens with one attached hydrogen (secondary N) is 2. The zero-order valence-corrected chi connectivity index (χ0v) is 25.1. The molecule has 0 aliphatic carbocycles. The summed E-state index contributed by atoms with van der Waals surface area (Å²) in [6.45, 7) is 1.09. The van der Waals surface area contributed by atoms with E-state index in [-0.39, 0.29) is 22.2 Å². The number of carbonyl (C=O) groups excluding carboxylic acids is 2. The van der Waals surface area contributed by atoms with Crippen LogP contribution in [0.2, 0.25) is 5.02 Å². The van der Waals surface area contributed by atoms with Gasteiger partial charge in [0, 0.05) is 16.3 Å². The van der Waals surface area contributed by atoms with E-state index in [2.05, 4.69) is 15.8 Å². The van der Waals surface area contributed by atoms with Gasteiger partial charge in [-0.3, -0.25) is 13.9 Å². The predicted octanol–water partition coefficient (Wildman–Crippen LogP) is 5.35.